The first kappa shape index (κ1) is 16.3. The number of hydrogen-bond acceptors (Lipinski definition) is 6. The number of aliphatic carboxylic acids is 1. The highest BCUT2D eigenvalue weighted by Gasteiger charge is 2.38. The first-order valence-corrected chi connectivity index (χ1v) is 9.49. The van der Waals surface area contributed by atoms with Gasteiger partial charge in [0.15, 0.2) is 0 Å². The Kier molecular flexibility index (Phi) is 4.29. The van der Waals surface area contributed by atoms with E-state index < -0.39 is 12.0 Å². The maximum Gasteiger partial charge on any atom is 0.326 e. The summed E-state index contributed by atoms with van der Waals surface area (Å²) in [4.78, 5) is 37.7. The van der Waals surface area contributed by atoms with Crippen molar-refractivity contribution in [2.24, 2.45) is 5.92 Å². The number of hydrogen-bond donors (Lipinski definition) is 1. The van der Waals surface area contributed by atoms with Crippen molar-refractivity contribution in [3.63, 3.8) is 0 Å². The van der Waals surface area contributed by atoms with Crippen LogP contribution in [0.25, 0.3) is 10.2 Å². The molecule has 4 heterocycles. The Morgan fingerprint density at radius 2 is 2.04 bits per heavy atom. The third-order valence-corrected chi connectivity index (χ3v) is 5.95. The maximum absolute atomic E-state index is 12.9. The number of carbonyl (C=O) groups excluding carboxylic acids is 1. The highest BCUT2D eigenvalue weighted by atomic mass is 32.1. The van der Waals surface area contributed by atoms with Gasteiger partial charge in [-0.15, -0.1) is 11.3 Å². The number of carboxylic acids is 1. The van der Waals surface area contributed by atoms with Gasteiger partial charge >= 0.3 is 5.97 Å². The number of aromatic nitrogens is 2. The lowest BCUT2D eigenvalue weighted by molar-refractivity contribution is -0.150. The molecule has 0 bridgehead atoms. The Morgan fingerprint density at radius 3 is 2.88 bits per heavy atom. The van der Waals surface area contributed by atoms with Gasteiger partial charge in [-0.3, -0.25) is 4.79 Å². The maximum atomic E-state index is 12.9. The second-order valence-corrected chi connectivity index (χ2v) is 7.54. The van der Waals surface area contributed by atoms with Crippen molar-refractivity contribution in [2.45, 2.75) is 31.7 Å². The minimum Gasteiger partial charge on any atom is -0.480 e. The summed E-state index contributed by atoms with van der Waals surface area (Å²) in [6.45, 7) is 1.99. The van der Waals surface area contributed by atoms with E-state index in [-0.39, 0.29) is 11.8 Å². The molecule has 0 radical (unpaired) electrons. The van der Waals surface area contributed by atoms with E-state index in [9.17, 15) is 14.7 Å². The molecular formula is C17H20N4O3S. The van der Waals surface area contributed by atoms with E-state index in [1.807, 2.05) is 11.4 Å². The lowest BCUT2D eigenvalue weighted by atomic mass is 9.96. The van der Waals surface area contributed by atoms with Crippen LogP contribution in [0.15, 0.2) is 17.8 Å². The van der Waals surface area contributed by atoms with Gasteiger partial charge in [0.05, 0.1) is 11.3 Å². The highest BCUT2D eigenvalue weighted by molar-refractivity contribution is 7.16. The van der Waals surface area contributed by atoms with Gasteiger partial charge in [-0.1, -0.05) is 0 Å². The van der Waals surface area contributed by atoms with E-state index in [0.29, 0.717) is 19.5 Å². The normalized spacial score (nSPS) is 24.0. The van der Waals surface area contributed by atoms with Crippen molar-refractivity contribution in [1.82, 2.24) is 14.9 Å². The van der Waals surface area contributed by atoms with Crippen LogP contribution in [-0.2, 0) is 9.59 Å². The molecule has 132 valence electrons. The fourth-order valence-corrected chi connectivity index (χ4v) is 4.65. The summed E-state index contributed by atoms with van der Waals surface area (Å²) >= 11 is 1.58. The molecule has 0 aromatic carbocycles. The smallest absolute Gasteiger partial charge is 0.326 e. The Balaban J connectivity index is 1.54. The molecule has 1 unspecified atom stereocenters. The zero-order valence-electron chi connectivity index (χ0n) is 13.8. The first-order valence-electron chi connectivity index (χ1n) is 8.61. The zero-order valence-corrected chi connectivity index (χ0v) is 14.6. The van der Waals surface area contributed by atoms with E-state index in [0.717, 1.165) is 41.8 Å². The van der Waals surface area contributed by atoms with Crippen LogP contribution >= 0.6 is 11.3 Å². The molecule has 2 aliphatic heterocycles. The number of piperidine rings is 1. The molecule has 0 aliphatic carbocycles. The van der Waals surface area contributed by atoms with Crippen LogP contribution in [0.4, 0.5) is 5.82 Å². The second-order valence-electron chi connectivity index (χ2n) is 6.65. The van der Waals surface area contributed by atoms with Crippen LogP contribution in [0.2, 0.25) is 0 Å². The molecule has 2 aromatic rings. The quantitative estimate of drug-likeness (QED) is 0.901. The molecule has 2 saturated heterocycles. The van der Waals surface area contributed by atoms with Crippen molar-refractivity contribution >= 4 is 39.2 Å². The number of fused-ring (bicyclic) bond motifs is 1. The molecule has 4 rings (SSSR count). The molecule has 1 N–H and O–H groups in total. The van der Waals surface area contributed by atoms with Crippen LogP contribution in [0.1, 0.15) is 25.7 Å². The van der Waals surface area contributed by atoms with Gasteiger partial charge < -0.3 is 14.9 Å². The number of carbonyl (C=O) groups is 2. The van der Waals surface area contributed by atoms with Crippen LogP contribution in [-0.4, -0.2) is 57.5 Å². The van der Waals surface area contributed by atoms with E-state index in [1.54, 1.807) is 22.6 Å². The standard InChI is InChI=1S/C17H20N4O3S/c22-16(21-7-2-4-13(21)17(23)24)11-3-1-6-20(9-11)14-12-5-8-25-15(12)19-10-18-14/h5,8,10-11,13H,1-4,6-7,9H2,(H,23,24)/t11?,13-/m0/s1. The number of likely N-dealkylation sites (tertiary alicyclic amines) is 1. The van der Waals surface area contributed by atoms with Gasteiger partial charge in [0.2, 0.25) is 5.91 Å². The van der Waals surface area contributed by atoms with Gasteiger partial charge in [-0.2, -0.15) is 0 Å². The summed E-state index contributed by atoms with van der Waals surface area (Å²) in [5, 5.41) is 12.4. The summed E-state index contributed by atoms with van der Waals surface area (Å²) in [6, 6.07) is 1.35. The van der Waals surface area contributed by atoms with E-state index >= 15 is 0 Å². The second kappa shape index (κ2) is 6.59. The van der Waals surface area contributed by atoms with E-state index in [2.05, 4.69) is 14.9 Å². The van der Waals surface area contributed by atoms with E-state index in [4.69, 9.17) is 0 Å². The first-order chi connectivity index (χ1) is 12.1. The van der Waals surface area contributed by atoms with Gasteiger partial charge in [-0.05, 0) is 37.1 Å². The summed E-state index contributed by atoms with van der Waals surface area (Å²) in [5.74, 6) is -0.211. The molecule has 2 atom stereocenters. The monoisotopic (exact) mass is 360 g/mol. The highest BCUT2D eigenvalue weighted by Crippen LogP contribution is 2.31. The molecule has 2 aromatic heterocycles. The van der Waals surface area contributed by atoms with Crippen LogP contribution in [0, 0.1) is 5.92 Å². The zero-order chi connectivity index (χ0) is 17.4. The lowest BCUT2D eigenvalue weighted by Crippen LogP contribution is -2.48. The Labute approximate surface area is 149 Å². The summed E-state index contributed by atoms with van der Waals surface area (Å²) in [7, 11) is 0. The molecule has 2 aliphatic rings. The lowest BCUT2D eigenvalue weighted by Gasteiger charge is -2.35. The number of thiophene rings is 1. The SMILES string of the molecule is O=C(O)[C@@H]1CCCN1C(=O)C1CCCN(c2ncnc3sccc23)C1. The van der Waals surface area contributed by atoms with Crippen molar-refractivity contribution in [3.8, 4) is 0 Å². The Hall–Kier alpha value is -2.22. The van der Waals surface area contributed by atoms with Crippen LogP contribution in [0.3, 0.4) is 0 Å². The molecule has 7 nitrogen and oxygen atoms in total. The molecule has 0 saturated carbocycles. The van der Waals surface area contributed by atoms with Crippen molar-refractivity contribution < 1.29 is 14.7 Å². The molecule has 8 heteroatoms. The largest absolute Gasteiger partial charge is 0.480 e. The predicted molar refractivity (Wildman–Crippen MR) is 94.7 cm³/mol. The predicted octanol–water partition coefficient (Wildman–Crippen LogP) is 1.98. The fraction of sp³-hybridized carbons (Fsp3) is 0.529. The van der Waals surface area contributed by atoms with Gasteiger partial charge in [-0.25, -0.2) is 14.8 Å². The minimum atomic E-state index is -0.894. The average molecular weight is 360 g/mol. The third-order valence-electron chi connectivity index (χ3n) is 5.13. The average Bonchev–Trinajstić information content (AvgIpc) is 3.30. The van der Waals surface area contributed by atoms with Crippen molar-refractivity contribution in [3.05, 3.63) is 17.8 Å². The topological polar surface area (TPSA) is 86.6 Å². The van der Waals surface area contributed by atoms with E-state index in [1.165, 1.54) is 0 Å². The molecular weight excluding hydrogens is 340 g/mol. The molecule has 25 heavy (non-hydrogen) atoms. The number of nitrogens with zero attached hydrogens (tertiary/aromatic N) is 4. The van der Waals surface area contributed by atoms with Gasteiger partial charge in [0.25, 0.3) is 0 Å². The summed E-state index contributed by atoms with van der Waals surface area (Å²) in [5.41, 5.74) is 0. The summed E-state index contributed by atoms with van der Waals surface area (Å²) in [6.07, 6.45) is 4.59. The molecule has 0 spiro atoms. The van der Waals surface area contributed by atoms with Crippen molar-refractivity contribution in [1.29, 1.82) is 0 Å². The number of carboxylic acid groups (broad SMARTS) is 1. The molecule has 1 amide bonds. The van der Waals surface area contributed by atoms with Crippen molar-refractivity contribution in [2.75, 3.05) is 24.5 Å². The third kappa shape index (κ3) is 2.95. The Bertz CT molecular complexity index is 808. The Morgan fingerprint density at radius 1 is 1.20 bits per heavy atom. The van der Waals surface area contributed by atoms with Crippen LogP contribution < -0.4 is 4.90 Å². The fourth-order valence-electron chi connectivity index (χ4n) is 3.92. The summed E-state index contributed by atoms with van der Waals surface area (Å²) < 4.78 is 0. The van der Waals surface area contributed by atoms with Gasteiger partial charge in [0.1, 0.15) is 23.0 Å². The number of anilines is 1. The molecule has 2 fully saturated rings. The number of rotatable bonds is 3. The van der Waals surface area contributed by atoms with Gasteiger partial charge in [0, 0.05) is 19.6 Å². The number of amides is 1. The van der Waals surface area contributed by atoms with Crippen LogP contribution in [0.5, 0.6) is 0 Å². The minimum absolute atomic E-state index is 0.0229.